The lowest BCUT2D eigenvalue weighted by atomic mass is 10.3. The van der Waals surface area contributed by atoms with E-state index in [0.29, 0.717) is 10.8 Å². The molecule has 5 nitrogen and oxygen atoms in total. The van der Waals surface area contributed by atoms with E-state index >= 15 is 0 Å². The quantitative estimate of drug-likeness (QED) is 0.510. The molecule has 1 aromatic carbocycles. The fraction of sp³-hybridized carbons (Fsp3) is 0.364. The molecule has 0 radical (unpaired) electrons. The Labute approximate surface area is 112 Å². The molecular weight excluding hydrogens is 270 g/mol. The number of imidazole rings is 1. The summed E-state index contributed by atoms with van der Waals surface area (Å²) in [6.45, 7) is 4.30. The van der Waals surface area contributed by atoms with Crippen molar-refractivity contribution in [2.75, 3.05) is 0 Å². The van der Waals surface area contributed by atoms with Gasteiger partial charge in [0.2, 0.25) is 0 Å². The Bertz CT molecular complexity index is 570. The van der Waals surface area contributed by atoms with Gasteiger partial charge in [-0.1, -0.05) is 24.6 Å². The molecule has 0 saturated heterocycles. The van der Waals surface area contributed by atoms with E-state index in [1.165, 1.54) is 12.1 Å². The van der Waals surface area contributed by atoms with E-state index in [1.54, 1.807) is 27.7 Å². The number of rotatable bonds is 5. The fourth-order valence-electron chi connectivity index (χ4n) is 1.32. The van der Waals surface area contributed by atoms with Crippen molar-refractivity contribution < 1.29 is 4.92 Å². The van der Waals surface area contributed by atoms with Gasteiger partial charge in [0.05, 0.1) is 16.0 Å². The Morgan fingerprint density at radius 1 is 1.56 bits per heavy atom. The molecule has 18 heavy (non-hydrogen) atoms. The van der Waals surface area contributed by atoms with Gasteiger partial charge in [0.15, 0.2) is 5.16 Å². The number of hydrogen-bond acceptors (Lipinski definition) is 5. The molecule has 2 aromatic rings. The van der Waals surface area contributed by atoms with Crippen LogP contribution in [-0.4, -0.2) is 20.1 Å². The number of nitrogens with zero attached hydrogens (tertiary/aromatic N) is 2. The van der Waals surface area contributed by atoms with Gasteiger partial charge in [-0.15, -0.1) is 0 Å². The van der Waals surface area contributed by atoms with Crippen LogP contribution in [0.3, 0.4) is 0 Å². The molecule has 0 spiro atoms. The molecule has 0 fully saturated rings. The van der Waals surface area contributed by atoms with E-state index in [1.807, 2.05) is 0 Å². The minimum absolute atomic E-state index is 0.0808. The molecule has 2 rings (SSSR count). The zero-order chi connectivity index (χ0) is 13.1. The largest absolute Gasteiger partial charge is 0.332 e. The van der Waals surface area contributed by atoms with Crippen LogP contribution in [0.1, 0.15) is 20.3 Å². The van der Waals surface area contributed by atoms with Crippen LogP contribution in [0.15, 0.2) is 23.4 Å². The van der Waals surface area contributed by atoms with E-state index in [-0.39, 0.29) is 5.69 Å². The van der Waals surface area contributed by atoms with Crippen molar-refractivity contribution in [3.05, 3.63) is 28.3 Å². The van der Waals surface area contributed by atoms with Crippen molar-refractivity contribution in [3.8, 4) is 0 Å². The molecular formula is C11H13N3O2S2. The highest BCUT2D eigenvalue weighted by atomic mass is 33.1. The molecule has 1 atom stereocenters. The number of fused-ring (bicyclic) bond motifs is 1. The third-order valence-electron chi connectivity index (χ3n) is 2.52. The molecule has 1 unspecified atom stereocenters. The van der Waals surface area contributed by atoms with Crippen LogP contribution >= 0.6 is 21.6 Å². The molecule has 0 aliphatic carbocycles. The van der Waals surface area contributed by atoms with E-state index in [9.17, 15) is 10.1 Å². The summed E-state index contributed by atoms with van der Waals surface area (Å²) in [5, 5.41) is 12.0. The third kappa shape index (κ3) is 2.97. The zero-order valence-electron chi connectivity index (χ0n) is 10.0. The summed E-state index contributed by atoms with van der Waals surface area (Å²) in [4.78, 5) is 17.7. The Kier molecular flexibility index (Phi) is 4.13. The lowest BCUT2D eigenvalue weighted by Crippen LogP contribution is -1.88. The number of nitro groups is 1. The van der Waals surface area contributed by atoms with E-state index < -0.39 is 4.92 Å². The van der Waals surface area contributed by atoms with Crippen molar-refractivity contribution >= 4 is 38.3 Å². The normalized spacial score (nSPS) is 12.8. The Morgan fingerprint density at radius 2 is 2.33 bits per heavy atom. The first-order chi connectivity index (χ1) is 8.60. The predicted octanol–water partition coefficient (Wildman–Crippen LogP) is 4.01. The van der Waals surface area contributed by atoms with Crippen LogP contribution < -0.4 is 0 Å². The summed E-state index contributed by atoms with van der Waals surface area (Å²) in [5.74, 6) is 0. The highest BCUT2D eigenvalue weighted by Gasteiger charge is 2.10. The minimum atomic E-state index is -0.402. The van der Waals surface area contributed by atoms with Crippen molar-refractivity contribution in [2.45, 2.75) is 30.7 Å². The molecule has 0 amide bonds. The topological polar surface area (TPSA) is 71.8 Å². The smallest absolute Gasteiger partial charge is 0.271 e. The van der Waals surface area contributed by atoms with Gasteiger partial charge in [-0.3, -0.25) is 10.1 Å². The Balaban J connectivity index is 2.19. The summed E-state index contributed by atoms with van der Waals surface area (Å²) in [7, 11) is 3.32. The van der Waals surface area contributed by atoms with Crippen LogP contribution in [0.4, 0.5) is 5.69 Å². The standard InChI is InChI=1S/C11H13N3O2S2/c1-3-7(2)17-18-11-12-9-5-4-8(14(15)16)6-10(9)13-11/h4-7H,3H2,1-2H3,(H,12,13). The monoisotopic (exact) mass is 283 g/mol. The molecule has 1 heterocycles. The number of nitro benzene ring substituents is 1. The maximum absolute atomic E-state index is 10.7. The zero-order valence-corrected chi connectivity index (χ0v) is 11.7. The van der Waals surface area contributed by atoms with Crippen molar-refractivity contribution in [2.24, 2.45) is 0 Å². The summed E-state index contributed by atoms with van der Waals surface area (Å²) in [6, 6.07) is 4.65. The minimum Gasteiger partial charge on any atom is -0.332 e. The van der Waals surface area contributed by atoms with E-state index in [4.69, 9.17) is 0 Å². The van der Waals surface area contributed by atoms with Crippen molar-refractivity contribution in [3.63, 3.8) is 0 Å². The maximum atomic E-state index is 10.7. The van der Waals surface area contributed by atoms with Crippen LogP contribution in [0.25, 0.3) is 11.0 Å². The maximum Gasteiger partial charge on any atom is 0.271 e. The number of nitrogens with one attached hydrogen (secondary N) is 1. The van der Waals surface area contributed by atoms with Gasteiger partial charge < -0.3 is 4.98 Å². The first kappa shape index (κ1) is 13.2. The average molecular weight is 283 g/mol. The third-order valence-corrected chi connectivity index (χ3v) is 5.38. The number of H-pyrrole nitrogens is 1. The van der Waals surface area contributed by atoms with Crippen LogP contribution in [0.2, 0.25) is 0 Å². The molecule has 96 valence electrons. The van der Waals surface area contributed by atoms with Crippen LogP contribution in [0, 0.1) is 10.1 Å². The van der Waals surface area contributed by atoms with Gasteiger partial charge in [0.25, 0.3) is 5.69 Å². The number of benzene rings is 1. The number of aromatic nitrogens is 2. The van der Waals surface area contributed by atoms with Gasteiger partial charge in [-0.05, 0) is 23.3 Å². The van der Waals surface area contributed by atoms with Crippen molar-refractivity contribution in [1.82, 2.24) is 9.97 Å². The molecule has 0 saturated carbocycles. The van der Waals surface area contributed by atoms with E-state index in [2.05, 4.69) is 23.8 Å². The van der Waals surface area contributed by atoms with Gasteiger partial charge in [-0.2, -0.15) is 0 Å². The molecule has 1 aromatic heterocycles. The lowest BCUT2D eigenvalue weighted by molar-refractivity contribution is -0.384. The second-order valence-electron chi connectivity index (χ2n) is 3.90. The second kappa shape index (κ2) is 5.62. The first-order valence-electron chi connectivity index (χ1n) is 5.57. The lowest BCUT2D eigenvalue weighted by Gasteiger charge is -2.03. The SMILES string of the molecule is CCC(C)SSc1nc2ccc([N+](=O)[O-])cc2[nH]1. The highest BCUT2D eigenvalue weighted by molar-refractivity contribution is 8.76. The van der Waals surface area contributed by atoms with Crippen LogP contribution in [-0.2, 0) is 0 Å². The number of hydrogen-bond donors (Lipinski definition) is 1. The summed E-state index contributed by atoms with van der Waals surface area (Å²) < 4.78 is 0. The van der Waals surface area contributed by atoms with Crippen LogP contribution in [0.5, 0.6) is 0 Å². The molecule has 0 aliphatic rings. The Hall–Kier alpha value is -1.21. The van der Waals surface area contributed by atoms with Gasteiger partial charge in [-0.25, -0.2) is 4.98 Å². The van der Waals surface area contributed by atoms with Gasteiger partial charge in [0.1, 0.15) is 0 Å². The molecule has 7 heteroatoms. The first-order valence-corrected chi connectivity index (χ1v) is 7.79. The fourth-order valence-corrected chi connectivity index (χ4v) is 3.41. The van der Waals surface area contributed by atoms with E-state index in [0.717, 1.165) is 17.1 Å². The van der Waals surface area contributed by atoms with Crippen molar-refractivity contribution in [1.29, 1.82) is 0 Å². The molecule has 0 aliphatic heterocycles. The second-order valence-corrected chi connectivity index (χ2v) is 6.53. The highest BCUT2D eigenvalue weighted by Crippen LogP contribution is 2.35. The van der Waals surface area contributed by atoms with Gasteiger partial charge >= 0.3 is 0 Å². The Morgan fingerprint density at radius 3 is 3.00 bits per heavy atom. The summed E-state index contributed by atoms with van der Waals surface area (Å²) >= 11 is 0. The average Bonchev–Trinajstić information content (AvgIpc) is 2.77. The summed E-state index contributed by atoms with van der Waals surface area (Å²) in [5.41, 5.74) is 1.54. The molecule has 0 bridgehead atoms. The number of non-ortho nitro benzene ring substituents is 1. The molecule has 1 N–H and O–H groups in total. The number of aromatic amines is 1. The summed E-state index contributed by atoms with van der Waals surface area (Å²) in [6.07, 6.45) is 1.10. The predicted molar refractivity (Wildman–Crippen MR) is 75.9 cm³/mol. The van der Waals surface area contributed by atoms with Gasteiger partial charge in [0, 0.05) is 17.4 Å².